The quantitative estimate of drug-likeness (QED) is 0.819. The van der Waals surface area contributed by atoms with Gasteiger partial charge in [-0.3, -0.25) is 14.4 Å². The highest BCUT2D eigenvalue weighted by Crippen LogP contribution is 2.45. The molecule has 1 spiro atoms. The summed E-state index contributed by atoms with van der Waals surface area (Å²) in [6.45, 7) is 1.78. The molecule has 2 atom stereocenters. The first kappa shape index (κ1) is 15.2. The van der Waals surface area contributed by atoms with Gasteiger partial charge >= 0.3 is 0 Å². The minimum absolute atomic E-state index is 0.0282. The zero-order valence-electron chi connectivity index (χ0n) is 13.4. The maximum atomic E-state index is 12.8. The lowest BCUT2D eigenvalue weighted by Crippen LogP contribution is -2.56. The van der Waals surface area contributed by atoms with Crippen LogP contribution in [0.2, 0.25) is 0 Å². The number of ether oxygens (including phenoxy) is 2. The maximum absolute atomic E-state index is 12.8. The largest absolute Gasteiger partial charge is 0.491 e. The zero-order chi connectivity index (χ0) is 16.9. The predicted molar refractivity (Wildman–Crippen MR) is 82.7 cm³/mol. The Labute approximate surface area is 138 Å². The monoisotopic (exact) mass is 333 g/mol. The Morgan fingerprint density at radius 1 is 1.42 bits per heavy atom. The van der Waals surface area contributed by atoms with Crippen molar-refractivity contribution in [2.75, 3.05) is 26.8 Å². The van der Waals surface area contributed by atoms with E-state index in [4.69, 9.17) is 9.47 Å². The molecule has 3 fully saturated rings. The van der Waals surface area contributed by atoms with Gasteiger partial charge in [-0.2, -0.15) is 0 Å². The number of carbonyl (C=O) groups is 2. The highest BCUT2D eigenvalue weighted by atomic mass is 16.5. The number of hydrogen-bond donors (Lipinski definition) is 1. The molecule has 4 heterocycles. The molecular weight excluding hydrogens is 314 g/mol. The number of rotatable bonds is 2. The van der Waals surface area contributed by atoms with Crippen LogP contribution in [0, 0.1) is 0 Å². The van der Waals surface area contributed by atoms with Gasteiger partial charge in [0.05, 0.1) is 26.2 Å². The van der Waals surface area contributed by atoms with Crippen molar-refractivity contribution in [1.82, 2.24) is 14.8 Å². The summed E-state index contributed by atoms with van der Waals surface area (Å²) in [4.78, 5) is 43.3. The Bertz CT molecular complexity index is 760. The molecule has 128 valence electrons. The molecule has 0 aromatic carbocycles. The van der Waals surface area contributed by atoms with E-state index in [2.05, 4.69) is 4.98 Å². The van der Waals surface area contributed by atoms with Crippen LogP contribution in [0.4, 0.5) is 0 Å². The molecular formula is C16H19N3O5. The van der Waals surface area contributed by atoms with Crippen LogP contribution >= 0.6 is 0 Å². The van der Waals surface area contributed by atoms with Crippen molar-refractivity contribution in [3.8, 4) is 5.75 Å². The molecule has 24 heavy (non-hydrogen) atoms. The topological polar surface area (TPSA) is 91.9 Å². The Balaban J connectivity index is 1.64. The lowest BCUT2D eigenvalue weighted by atomic mass is 10.0. The fraction of sp³-hybridized carbons (Fsp3) is 0.562. The number of H-pyrrole nitrogens is 1. The lowest BCUT2D eigenvalue weighted by molar-refractivity contribution is -0.179. The number of likely N-dealkylation sites (tertiary alicyclic amines) is 1. The molecule has 3 aliphatic heterocycles. The number of hydrogen-bond acceptors (Lipinski definition) is 5. The van der Waals surface area contributed by atoms with E-state index in [1.807, 2.05) is 0 Å². The van der Waals surface area contributed by atoms with Crippen molar-refractivity contribution < 1.29 is 19.1 Å². The van der Waals surface area contributed by atoms with Crippen LogP contribution in [-0.2, 0) is 9.53 Å². The third-order valence-corrected chi connectivity index (χ3v) is 5.20. The first-order valence-corrected chi connectivity index (χ1v) is 8.09. The first-order valence-electron chi connectivity index (χ1n) is 8.09. The highest BCUT2D eigenvalue weighted by Gasteiger charge is 2.61. The summed E-state index contributed by atoms with van der Waals surface area (Å²) in [5, 5.41) is 0. The second-order valence-electron chi connectivity index (χ2n) is 6.34. The minimum atomic E-state index is -0.683. The average Bonchev–Trinajstić information content (AvgIpc) is 3.06. The van der Waals surface area contributed by atoms with Gasteiger partial charge in [-0.1, -0.05) is 0 Å². The number of methoxy groups -OCH3 is 1. The first-order chi connectivity index (χ1) is 11.6. The Morgan fingerprint density at radius 3 is 3.00 bits per heavy atom. The van der Waals surface area contributed by atoms with Crippen molar-refractivity contribution in [2.24, 2.45) is 0 Å². The van der Waals surface area contributed by atoms with Crippen LogP contribution < -0.4 is 10.2 Å². The van der Waals surface area contributed by atoms with Gasteiger partial charge in [-0.25, -0.2) is 0 Å². The smallest absolute Gasteiger partial charge is 0.270 e. The van der Waals surface area contributed by atoms with Gasteiger partial charge < -0.3 is 24.3 Å². The van der Waals surface area contributed by atoms with E-state index in [1.54, 1.807) is 9.80 Å². The summed E-state index contributed by atoms with van der Waals surface area (Å²) >= 11 is 0. The molecule has 3 aliphatic rings. The molecule has 1 aromatic heterocycles. The number of carbonyl (C=O) groups excluding carboxylic acids is 2. The summed E-state index contributed by atoms with van der Waals surface area (Å²) in [5.41, 5.74) is -0.844. The number of aromatic nitrogens is 1. The molecule has 0 aliphatic carbocycles. The molecule has 0 radical (unpaired) electrons. The SMILES string of the molecule is COc1c[nH]c(C(=O)N2CC[C@@]34OCCCN3C(=O)C[C@@H]24)cc1=O. The normalized spacial score (nSPS) is 28.7. The lowest BCUT2D eigenvalue weighted by Gasteiger charge is -2.42. The molecule has 4 rings (SSSR count). The van der Waals surface area contributed by atoms with Crippen LogP contribution in [0.3, 0.4) is 0 Å². The van der Waals surface area contributed by atoms with E-state index in [9.17, 15) is 14.4 Å². The molecule has 1 aromatic rings. The van der Waals surface area contributed by atoms with Gasteiger partial charge in [0, 0.05) is 31.8 Å². The van der Waals surface area contributed by atoms with Crippen LogP contribution in [0.5, 0.6) is 5.75 Å². The van der Waals surface area contributed by atoms with Gasteiger partial charge in [0.25, 0.3) is 5.91 Å². The molecule has 8 nitrogen and oxygen atoms in total. The number of nitrogens with zero attached hydrogens (tertiary/aromatic N) is 2. The van der Waals surface area contributed by atoms with Crippen LogP contribution in [0.1, 0.15) is 29.8 Å². The highest BCUT2D eigenvalue weighted by molar-refractivity contribution is 5.94. The van der Waals surface area contributed by atoms with E-state index >= 15 is 0 Å². The molecule has 2 amide bonds. The van der Waals surface area contributed by atoms with E-state index < -0.39 is 5.72 Å². The Morgan fingerprint density at radius 2 is 2.25 bits per heavy atom. The number of pyridine rings is 1. The van der Waals surface area contributed by atoms with E-state index in [-0.39, 0.29) is 41.1 Å². The van der Waals surface area contributed by atoms with Crippen LogP contribution in [0.15, 0.2) is 17.1 Å². The van der Waals surface area contributed by atoms with Crippen molar-refractivity contribution in [3.05, 3.63) is 28.2 Å². The predicted octanol–water partition coefficient (Wildman–Crippen LogP) is -0.0531. The summed E-state index contributed by atoms with van der Waals surface area (Å²) in [7, 11) is 1.40. The average molecular weight is 333 g/mol. The number of aromatic amines is 1. The molecule has 3 saturated heterocycles. The van der Waals surface area contributed by atoms with E-state index in [0.717, 1.165) is 6.42 Å². The number of nitrogens with one attached hydrogen (secondary N) is 1. The number of amides is 2. The zero-order valence-corrected chi connectivity index (χ0v) is 13.4. The Kier molecular flexibility index (Phi) is 3.38. The molecule has 0 bridgehead atoms. The molecule has 8 heteroatoms. The minimum Gasteiger partial charge on any atom is -0.491 e. The van der Waals surface area contributed by atoms with Gasteiger partial charge in [0.2, 0.25) is 11.3 Å². The fourth-order valence-corrected chi connectivity index (χ4v) is 4.09. The van der Waals surface area contributed by atoms with Gasteiger partial charge in [0.1, 0.15) is 5.69 Å². The summed E-state index contributed by atoms with van der Waals surface area (Å²) in [5.74, 6) is -0.108. The summed E-state index contributed by atoms with van der Waals surface area (Å²) in [6.07, 6.45) is 3.08. The van der Waals surface area contributed by atoms with Crippen molar-refractivity contribution in [2.45, 2.75) is 31.0 Å². The van der Waals surface area contributed by atoms with Gasteiger partial charge in [0.15, 0.2) is 11.5 Å². The maximum Gasteiger partial charge on any atom is 0.270 e. The third kappa shape index (κ3) is 1.99. The summed E-state index contributed by atoms with van der Waals surface area (Å²) < 4.78 is 10.9. The second kappa shape index (κ2) is 5.34. The van der Waals surface area contributed by atoms with Crippen LogP contribution in [0.25, 0.3) is 0 Å². The van der Waals surface area contributed by atoms with E-state index in [1.165, 1.54) is 19.4 Å². The van der Waals surface area contributed by atoms with Crippen LogP contribution in [-0.4, -0.2) is 65.2 Å². The Hall–Kier alpha value is -2.35. The van der Waals surface area contributed by atoms with Crippen molar-refractivity contribution >= 4 is 11.8 Å². The third-order valence-electron chi connectivity index (χ3n) is 5.20. The molecule has 0 unspecified atom stereocenters. The van der Waals surface area contributed by atoms with Crippen molar-refractivity contribution in [1.29, 1.82) is 0 Å². The van der Waals surface area contributed by atoms with Gasteiger partial charge in [-0.05, 0) is 6.42 Å². The van der Waals surface area contributed by atoms with E-state index in [0.29, 0.717) is 26.1 Å². The van der Waals surface area contributed by atoms with Gasteiger partial charge in [-0.15, -0.1) is 0 Å². The summed E-state index contributed by atoms with van der Waals surface area (Å²) in [6, 6.07) is 0.936. The standard InChI is InChI=1S/C16H19N3O5/c1-23-12-9-17-10(7-11(12)20)15(22)18-5-3-16-13(18)8-14(21)19(16)4-2-6-24-16/h7,9,13H,2-6,8H2,1H3,(H,17,20)/t13-,16+/m1/s1. The fourth-order valence-electron chi connectivity index (χ4n) is 4.09. The van der Waals surface area contributed by atoms with Crippen molar-refractivity contribution in [3.63, 3.8) is 0 Å². The molecule has 0 saturated carbocycles. The molecule has 1 N–H and O–H groups in total. The second-order valence-corrected chi connectivity index (χ2v) is 6.34.